The summed E-state index contributed by atoms with van der Waals surface area (Å²) >= 11 is 1.30. The van der Waals surface area contributed by atoms with Crippen LogP contribution < -0.4 is 10.5 Å². The quantitative estimate of drug-likeness (QED) is 0.760. The molecule has 0 radical (unpaired) electrons. The molecule has 8 heteroatoms. The number of benzene rings is 1. The van der Waals surface area contributed by atoms with E-state index in [4.69, 9.17) is 0 Å². The Morgan fingerprint density at radius 3 is 2.65 bits per heavy atom. The predicted octanol–water partition coefficient (Wildman–Crippen LogP) is 3.42. The molecule has 0 fully saturated rings. The second kappa shape index (κ2) is 6.53. The Morgan fingerprint density at radius 2 is 2.04 bits per heavy atom. The first-order chi connectivity index (χ1) is 12.3. The molecule has 5 nitrogen and oxygen atoms in total. The lowest BCUT2D eigenvalue weighted by molar-refractivity contribution is 0.0988. The molecular formula is C18H16F2N2O3S. The standard InChI is InChI=1S/C18H16F2N2O3S/c1-4-9-8-26-18-13(9)15(23)14(17(25)22(18)3)16(24)21(2)12-6-5-10(19)7-11(12)20/h5-8,23H,4H2,1-3H3. The zero-order valence-corrected chi connectivity index (χ0v) is 15.2. The maximum Gasteiger partial charge on any atom is 0.268 e. The molecule has 1 N–H and O–H groups in total. The number of carbonyl (C=O) groups is 1. The number of carbonyl (C=O) groups excluding carboxylic acids is 1. The Morgan fingerprint density at radius 1 is 1.35 bits per heavy atom. The third-order valence-electron chi connectivity index (χ3n) is 4.32. The van der Waals surface area contributed by atoms with Gasteiger partial charge in [-0.15, -0.1) is 11.3 Å². The van der Waals surface area contributed by atoms with Crippen molar-refractivity contribution in [1.82, 2.24) is 4.57 Å². The van der Waals surface area contributed by atoms with Crippen molar-refractivity contribution >= 4 is 33.1 Å². The molecule has 136 valence electrons. The van der Waals surface area contributed by atoms with Crippen LogP contribution in [0.1, 0.15) is 22.8 Å². The minimum Gasteiger partial charge on any atom is -0.506 e. The summed E-state index contributed by atoms with van der Waals surface area (Å²) in [5.74, 6) is -3.01. The number of halogens is 2. The fourth-order valence-electron chi connectivity index (χ4n) is 2.85. The molecule has 0 bridgehead atoms. The van der Waals surface area contributed by atoms with E-state index >= 15 is 0 Å². The van der Waals surface area contributed by atoms with Gasteiger partial charge in [0, 0.05) is 20.2 Å². The molecule has 2 aromatic heterocycles. The molecule has 26 heavy (non-hydrogen) atoms. The highest BCUT2D eigenvalue weighted by Gasteiger charge is 2.27. The first-order valence-electron chi connectivity index (χ1n) is 7.83. The van der Waals surface area contributed by atoms with Crippen LogP contribution in [0.2, 0.25) is 0 Å². The molecule has 0 spiro atoms. The average molecular weight is 378 g/mol. The van der Waals surface area contributed by atoms with E-state index in [1.165, 1.54) is 30.0 Å². The van der Waals surface area contributed by atoms with E-state index in [0.29, 0.717) is 22.7 Å². The zero-order valence-electron chi connectivity index (χ0n) is 14.3. The summed E-state index contributed by atoms with van der Waals surface area (Å²) < 4.78 is 28.4. The van der Waals surface area contributed by atoms with Gasteiger partial charge in [-0.25, -0.2) is 8.78 Å². The number of rotatable bonds is 3. The predicted molar refractivity (Wildman–Crippen MR) is 97.2 cm³/mol. The van der Waals surface area contributed by atoms with Crippen molar-refractivity contribution in [3.8, 4) is 5.75 Å². The lowest BCUT2D eigenvalue weighted by Crippen LogP contribution is -2.34. The van der Waals surface area contributed by atoms with Gasteiger partial charge in [-0.3, -0.25) is 9.59 Å². The lowest BCUT2D eigenvalue weighted by Gasteiger charge is -2.19. The summed E-state index contributed by atoms with van der Waals surface area (Å²) in [6, 6.07) is 2.76. The number of nitrogens with zero attached hydrogens (tertiary/aromatic N) is 2. The highest BCUT2D eigenvalue weighted by atomic mass is 32.1. The van der Waals surface area contributed by atoms with E-state index in [0.717, 1.165) is 22.6 Å². The van der Waals surface area contributed by atoms with Crippen LogP contribution in [0.3, 0.4) is 0 Å². The van der Waals surface area contributed by atoms with Gasteiger partial charge in [-0.05, 0) is 29.5 Å². The highest BCUT2D eigenvalue weighted by Crippen LogP contribution is 2.35. The Hall–Kier alpha value is -2.74. The number of thiophene rings is 1. The second-order valence-electron chi connectivity index (χ2n) is 5.84. The van der Waals surface area contributed by atoms with Gasteiger partial charge in [0.2, 0.25) is 0 Å². The Balaban J connectivity index is 2.21. The van der Waals surface area contributed by atoms with Crippen molar-refractivity contribution < 1.29 is 18.7 Å². The highest BCUT2D eigenvalue weighted by molar-refractivity contribution is 7.17. The van der Waals surface area contributed by atoms with E-state index in [1.54, 1.807) is 0 Å². The number of hydrogen-bond acceptors (Lipinski definition) is 4. The third-order valence-corrected chi connectivity index (χ3v) is 5.42. The van der Waals surface area contributed by atoms with Crippen LogP contribution in [-0.2, 0) is 13.5 Å². The smallest absolute Gasteiger partial charge is 0.268 e. The maximum atomic E-state index is 14.0. The molecule has 0 unspecified atom stereocenters. The summed E-state index contributed by atoms with van der Waals surface area (Å²) in [4.78, 5) is 26.9. The number of aromatic hydroxyl groups is 1. The van der Waals surface area contributed by atoms with Crippen molar-refractivity contribution in [3.63, 3.8) is 0 Å². The van der Waals surface area contributed by atoms with Gasteiger partial charge < -0.3 is 14.6 Å². The SMILES string of the molecule is CCc1csc2c1c(O)c(C(=O)N(C)c1ccc(F)cc1F)c(=O)n2C. The van der Waals surface area contributed by atoms with Crippen molar-refractivity contribution in [2.24, 2.45) is 7.05 Å². The third kappa shape index (κ3) is 2.66. The van der Waals surface area contributed by atoms with Gasteiger partial charge in [-0.1, -0.05) is 6.92 Å². The summed E-state index contributed by atoms with van der Waals surface area (Å²) in [6.45, 7) is 1.90. The molecular weight excluding hydrogens is 362 g/mol. The van der Waals surface area contributed by atoms with Crippen LogP contribution in [0.5, 0.6) is 5.75 Å². The summed E-state index contributed by atoms with van der Waals surface area (Å²) in [5, 5.41) is 12.9. The van der Waals surface area contributed by atoms with Crippen LogP contribution in [-0.4, -0.2) is 22.6 Å². The van der Waals surface area contributed by atoms with E-state index in [1.807, 2.05) is 12.3 Å². The van der Waals surface area contributed by atoms with E-state index < -0.39 is 34.4 Å². The molecule has 0 aliphatic heterocycles. The van der Waals surface area contributed by atoms with Gasteiger partial charge in [0.05, 0.1) is 11.1 Å². The number of anilines is 1. The molecule has 0 saturated carbocycles. The van der Waals surface area contributed by atoms with E-state index in [9.17, 15) is 23.5 Å². The number of aryl methyl sites for hydroxylation is 2. The second-order valence-corrected chi connectivity index (χ2v) is 6.70. The maximum absolute atomic E-state index is 14.0. The monoisotopic (exact) mass is 378 g/mol. The van der Waals surface area contributed by atoms with Crippen molar-refractivity contribution in [2.75, 3.05) is 11.9 Å². The molecule has 3 rings (SSSR count). The molecule has 1 aromatic carbocycles. The number of amides is 1. The Kier molecular flexibility index (Phi) is 4.53. The molecule has 0 atom stereocenters. The number of fused-ring (bicyclic) bond motifs is 1. The van der Waals surface area contributed by atoms with Gasteiger partial charge >= 0.3 is 0 Å². The molecule has 1 amide bonds. The topological polar surface area (TPSA) is 62.5 Å². The van der Waals surface area contributed by atoms with Crippen molar-refractivity contribution in [3.05, 3.63) is 56.7 Å². The van der Waals surface area contributed by atoms with Crippen molar-refractivity contribution in [1.29, 1.82) is 0 Å². The van der Waals surface area contributed by atoms with Crippen LogP contribution in [0.25, 0.3) is 10.2 Å². The number of pyridine rings is 1. The van der Waals surface area contributed by atoms with Crippen LogP contribution >= 0.6 is 11.3 Å². The lowest BCUT2D eigenvalue weighted by atomic mass is 10.1. The van der Waals surface area contributed by atoms with Gasteiger partial charge in [0.25, 0.3) is 11.5 Å². The average Bonchev–Trinajstić information content (AvgIpc) is 3.03. The summed E-state index contributed by atoms with van der Waals surface area (Å²) in [5.41, 5.74) is -0.514. The minimum absolute atomic E-state index is 0.195. The van der Waals surface area contributed by atoms with E-state index in [-0.39, 0.29) is 5.69 Å². The number of hydrogen-bond donors (Lipinski definition) is 1. The molecule has 0 saturated heterocycles. The van der Waals surface area contributed by atoms with Crippen LogP contribution in [0.4, 0.5) is 14.5 Å². The zero-order chi connectivity index (χ0) is 19.2. The molecule has 2 heterocycles. The van der Waals surface area contributed by atoms with Gasteiger partial charge in [0.15, 0.2) is 0 Å². The van der Waals surface area contributed by atoms with Gasteiger partial charge in [0.1, 0.15) is 27.8 Å². The fourth-order valence-corrected chi connectivity index (χ4v) is 3.98. The molecule has 3 aromatic rings. The fraction of sp³-hybridized carbons (Fsp3) is 0.222. The Labute approximate surface area is 151 Å². The molecule has 0 aliphatic carbocycles. The minimum atomic E-state index is -0.942. The van der Waals surface area contributed by atoms with Crippen molar-refractivity contribution in [2.45, 2.75) is 13.3 Å². The Bertz CT molecular complexity index is 1090. The number of aromatic nitrogens is 1. The van der Waals surface area contributed by atoms with Crippen LogP contribution in [0, 0.1) is 11.6 Å². The first kappa shape index (κ1) is 18.1. The summed E-state index contributed by atoms with van der Waals surface area (Å²) in [6.07, 6.45) is 0.613. The van der Waals surface area contributed by atoms with E-state index in [2.05, 4.69) is 0 Å². The summed E-state index contributed by atoms with van der Waals surface area (Å²) in [7, 11) is 2.77. The van der Waals surface area contributed by atoms with Crippen LogP contribution in [0.15, 0.2) is 28.4 Å². The first-order valence-corrected chi connectivity index (χ1v) is 8.71. The largest absolute Gasteiger partial charge is 0.506 e. The van der Waals surface area contributed by atoms with Gasteiger partial charge in [-0.2, -0.15) is 0 Å². The normalized spacial score (nSPS) is 11.1. The molecule has 0 aliphatic rings.